The van der Waals surface area contributed by atoms with Crippen LogP contribution in [0, 0.1) is 0 Å². The number of amides is 2. The minimum atomic E-state index is -0.752. The van der Waals surface area contributed by atoms with Crippen LogP contribution in [0.1, 0.15) is 57.2 Å². The average molecular weight is 337 g/mol. The van der Waals surface area contributed by atoms with E-state index >= 15 is 0 Å². The van der Waals surface area contributed by atoms with Gasteiger partial charge in [-0.05, 0) is 44.2 Å². The van der Waals surface area contributed by atoms with Crippen LogP contribution in [0.5, 0.6) is 0 Å². The van der Waals surface area contributed by atoms with E-state index in [0.717, 1.165) is 50.8 Å². The van der Waals surface area contributed by atoms with Crippen LogP contribution in [0.4, 0.5) is 4.79 Å². The maximum atomic E-state index is 12.7. The van der Waals surface area contributed by atoms with Crippen LogP contribution in [0.3, 0.4) is 0 Å². The van der Waals surface area contributed by atoms with Crippen molar-refractivity contribution in [3.05, 3.63) is 24.0 Å². The summed E-state index contributed by atoms with van der Waals surface area (Å²) < 4.78 is 12.0. The highest BCUT2D eigenvalue weighted by molar-refractivity contribution is 7.85. The highest BCUT2D eigenvalue weighted by Crippen LogP contribution is 2.31. The van der Waals surface area contributed by atoms with E-state index in [-0.39, 0.29) is 23.4 Å². The summed E-state index contributed by atoms with van der Waals surface area (Å²) in [7, 11) is -0.752. The number of carbonyl (C=O) groups is 1. The maximum Gasteiger partial charge on any atom is 0.318 e. The van der Waals surface area contributed by atoms with Gasteiger partial charge in [-0.1, -0.05) is 13.3 Å². The van der Waals surface area contributed by atoms with E-state index in [1.165, 1.54) is 0 Å². The number of aromatic nitrogens is 1. The molecule has 1 saturated carbocycles. The fourth-order valence-corrected chi connectivity index (χ4v) is 5.24. The molecule has 1 aliphatic heterocycles. The largest absolute Gasteiger partial charge is 0.363 e. The lowest BCUT2D eigenvalue weighted by molar-refractivity contribution is 0.184. The normalized spacial score (nSPS) is 29.4. The SMILES string of the molecule is CC[S@@](=O)[C@@H]1CCC[C@H](NC(=O)N2CCC[C@@H]2c2ccc[nH]2)C1. The second-order valence-electron chi connectivity index (χ2n) is 6.58. The molecule has 5 nitrogen and oxygen atoms in total. The molecule has 23 heavy (non-hydrogen) atoms. The third kappa shape index (κ3) is 3.79. The van der Waals surface area contributed by atoms with Gasteiger partial charge in [0.2, 0.25) is 0 Å². The summed E-state index contributed by atoms with van der Waals surface area (Å²) in [5.74, 6) is 0.715. The molecular weight excluding hydrogens is 310 g/mol. The van der Waals surface area contributed by atoms with Gasteiger partial charge in [-0.3, -0.25) is 4.21 Å². The van der Waals surface area contributed by atoms with Crippen LogP contribution in [0.2, 0.25) is 0 Å². The first-order valence-electron chi connectivity index (χ1n) is 8.76. The number of nitrogens with one attached hydrogen (secondary N) is 2. The Morgan fingerprint density at radius 3 is 3.00 bits per heavy atom. The summed E-state index contributed by atoms with van der Waals surface area (Å²) in [4.78, 5) is 17.9. The van der Waals surface area contributed by atoms with Crippen molar-refractivity contribution in [2.45, 2.75) is 62.8 Å². The number of hydrogen-bond donors (Lipinski definition) is 2. The molecule has 2 amide bonds. The molecule has 2 heterocycles. The topological polar surface area (TPSA) is 65.2 Å². The molecule has 0 bridgehead atoms. The number of nitrogens with zero attached hydrogens (tertiary/aromatic N) is 1. The first-order chi connectivity index (χ1) is 11.2. The number of likely N-dealkylation sites (tertiary alicyclic amines) is 1. The Bertz CT molecular complexity index is 546. The molecule has 1 aliphatic carbocycles. The predicted octanol–water partition coefficient (Wildman–Crippen LogP) is 2.94. The molecule has 1 saturated heterocycles. The summed E-state index contributed by atoms with van der Waals surface area (Å²) >= 11 is 0. The zero-order valence-electron chi connectivity index (χ0n) is 13.8. The van der Waals surface area contributed by atoms with E-state index in [9.17, 15) is 9.00 Å². The third-order valence-corrected chi connectivity index (χ3v) is 6.85. The van der Waals surface area contributed by atoms with Crippen molar-refractivity contribution >= 4 is 16.8 Å². The second-order valence-corrected chi connectivity index (χ2v) is 8.59. The van der Waals surface area contributed by atoms with Crippen LogP contribution < -0.4 is 5.32 Å². The molecule has 1 aromatic rings. The Hall–Kier alpha value is -1.30. The number of hydrogen-bond acceptors (Lipinski definition) is 2. The highest BCUT2D eigenvalue weighted by Gasteiger charge is 2.33. The summed E-state index contributed by atoms with van der Waals surface area (Å²) in [6.45, 7) is 2.79. The van der Waals surface area contributed by atoms with E-state index in [2.05, 4.69) is 16.4 Å². The van der Waals surface area contributed by atoms with E-state index in [0.29, 0.717) is 5.75 Å². The minimum Gasteiger partial charge on any atom is -0.363 e. The fraction of sp³-hybridized carbons (Fsp3) is 0.706. The van der Waals surface area contributed by atoms with Crippen molar-refractivity contribution in [3.8, 4) is 0 Å². The van der Waals surface area contributed by atoms with Gasteiger partial charge in [0, 0.05) is 46.3 Å². The van der Waals surface area contributed by atoms with Gasteiger partial charge in [-0.15, -0.1) is 0 Å². The van der Waals surface area contributed by atoms with Crippen LogP contribution in [0.25, 0.3) is 0 Å². The second kappa shape index (κ2) is 7.51. The Labute approximate surface area is 140 Å². The van der Waals surface area contributed by atoms with Crippen LogP contribution in [-0.2, 0) is 10.8 Å². The Kier molecular flexibility index (Phi) is 5.41. The zero-order chi connectivity index (χ0) is 16.2. The molecule has 2 aliphatic rings. The van der Waals surface area contributed by atoms with Crippen molar-refractivity contribution in [3.63, 3.8) is 0 Å². The zero-order valence-corrected chi connectivity index (χ0v) is 14.6. The van der Waals surface area contributed by atoms with Gasteiger partial charge in [0.1, 0.15) is 0 Å². The molecule has 4 atom stereocenters. The number of H-pyrrole nitrogens is 1. The molecule has 0 spiro atoms. The van der Waals surface area contributed by atoms with E-state index in [1.807, 2.05) is 24.1 Å². The van der Waals surface area contributed by atoms with Crippen LogP contribution in [-0.4, -0.2) is 43.7 Å². The smallest absolute Gasteiger partial charge is 0.318 e. The van der Waals surface area contributed by atoms with E-state index < -0.39 is 10.8 Å². The minimum absolute atomic E-state index is 0.0371. The van der Waals surface area contributed by atoms with E-state index in [4.69, 9.17) is 0 Å². The van der Waals surface area contributed by atoms with Crippen molar-refractivity contribution in [2.24, 2.45) is 0 Å². The van der Waals surface area contributed by atoms with Gasteiger partial charge >= 0.3 is 6.03 Å². The van der Waals surface area contributed by atoms with Gasteiger partial charge < -0.3 is 15.2 Å². The lowest BCUT2D eigenvalue weighted by Gasteiger charge is -2.32. The standard InChI is InChI=1S/C17H27N3O2S/c1-2-23(22)14-7-3-6-13(12-14)19-17(21)20-11-5-9-16(20)15-8-4-10-18-15/h4,8,10,13-14,16,18H,2-3,5-7,9,11-12H2,1H3,(H,19,21)/t13-,14+,16+,23+/m0/s1. The average Bonchev–Trinajstić information content (AvgIpc) is 3.24. The molecule has 2 N–H and O–H groups in total. The molecule has 1 aromatic heterocycles. The van der Waals surface area contributed by atoms with Gasteiger partial charge in [-0.25, -0.2) is 4.79 Å². The molecule has 2 fully saturated rings. The van der Waals surface area contributed by atoms with Crippen molar-refractivity contribution in [1.82, 2.24) is 15.2 Å². The van der Waals surface area contributed by atoms with Crippen molar-refractivity contribution in [1.29, 1.82) is 0 Å². The molecule has 3 rings (SSSR count). The van der Waals surface area contributed by atoms with Crippen molar-refractivity contribution < 1.29 is 9.00 Å². The first-order valence-corrected chi connectivity index (χ1v) is 10.1. The quantitative estimate of drug-likeness (QED) is 0.887. The highest BCUT2D eigenvalue weighted by atomic mass is 32.2. The Morgan fingerprint density at radius 1 is 1.39 bits per heavy atom. The molecule has 0 unspecified atom stereocenters. The van der Waals surface area contributed by atoms with Gasteiger partial charge in [-0.2, -0.15) is 0 Å². The van der Waals surface area contributed by atoms with Crippen LogP contribution >= 0.6 is 0 Å². The van der Waals surface area contributed by atoms with Crippen LogP contribution in [0.15, 0.2) is 18.3 Å². The molecule has 0 aromatic carbocycles. The monoisotopic (exact) mass is 337 g/mol. The Morgan fingerprint density at radius 2 is 2.26 bits per heavy atom. The maximum absolute atomic E-state index is 12.7. The lowest BCUT2D eigenvalue weighted by atomic mass is 9.95. The molecule has 128 valence electrons. The number of urea groups is 1. The predicted molar refractivity (Wildman–Crippen MR) is 92.7 cm³/mol. The van der Waals surface area contributed by atoms with Gasteiger partial charge in [0.15, 0.2) is 0 Å². The number of aromatic amines is 1. The Balaban J connectivity index is 1.59. The van der Waals surface area contributed by atoms with Gasteiger partial charge in [0.05, 0.1) is 6.04 Å². The summed E-state index contributed by atoms with van der Waals surface area (Å²) in [5, 5.41) is 3.45. The molecule has 6 heteroatoms. The van der Waals surface area contributed by atoms with E-state index in [1.54, 1.807) is 0 Å². The third-order valence-electron chi connectivity index (χ3n) is 5.10. The number of rotatable bonds is 4. The van der Waals surface area contributed by atoms with Gasteiger partial charge in [0.25, 0.3) is 0 Å². The fourth-order valence-electron chi connectivity index (χ4n) is 3.89. The molecular formula is C17H27N3O2S. The molecule has 0 radical (unpaired) electrons. The summed E-state index contributed by atoms with van der Waals surface area (Å²) in [6, 6.07) is 4.40. The first kappa shape index (κ1) is 16.6. The summed E-state index contributed by atoms with van der Waals surface area (Å²) in [6.07, 6.45) is 7.92. The summed E-state index contributed by atoms with van der Waals surface area (Å²) in [5.41, 5.74) is 1.12. The number of carbonyl (C=O) groups excluding carboxylic acids is 1. The lowest BCUT2D eigenvalue weighted by Crippen LogP contribution is -2.47. The van der Waals surface area contributed by atoms with Crippen molar-refractivity contribution in [2.75, 3.05) is 12.3 Å².